The van der Waals surface area contributed by atoms with Crippen LogP contribution in [0.3, 0.4) is 0 Å². The molecule has 54 heavy (non-hydrogen) atoms. The van der Waals surface area contributed by atoms with Gasteiger partial charge in [0.2, 0.25) is 0 Å². The standard InChI is InChI=1S/C52H35NO/c1-4-15-36(16-5-1)40-19-14-20-41(35-40)37-27-31-43(32-28-37)53(42-21-8-3-9-22-42)44-33-29-39(30-34-44)51-49(38-17-6-2-7-18-38)50-47-25-12-10-23-45(47)46-24-11-13-26-48(46)52(50)54-51/h1-35H. The Kier molecular flexibility index (Phi) is 7.85. The average Bonchev–Trinajstić information content (AvgIpc) is 3.67. The highest BCUT2D eigenvalue weighted by Crippen LogP contribution is 2.47. The highest BCUT2D eigenvalue weighted by atomic mass is 16.3. The molecule has 0 saturated carbocycles. The molecule has 0 N–H and O–H groups in total. The summed E-state index contributed by atoms with van der Waals surface area (Å²) in [6.07, 6.45) is 0. The summed E-state index contributed by atoms with van der Waals surface area (Å²) in [7, 11) is 0. The molecule has 0 spiro atoms. The molecule has 1 heterocycles. The van der Waals surface area contributed by atoms with Crippen LogP contribution in [0.1, 0.15) is 0 Å². The number of para-hydroxylation sites is 1. The van der Waals surface area contributed by atoms with Gasteiger partial charge in [-0.2, -0.15) is 0 Å². The Balaban J connectivity index is 1.08. The van der Waals surface area contributed by atoms with Gasteiger partial charge in [0.25, 0.3) is 0 Å². The van der Waals surface area contributed by atoms with Crippen LogP contribution in [-0.4, -0.2) is 0 Å². The molecule has 0 aliphatic heterocycles. The molecule has 10 aromatic rings. The molecule has 1 aromatic heterocycles. The summed E-state index contributed by atoms with van der Waals surface area (Å²) < 4.78 is 7.01. The van der Waals surface area contributed by atoms with E-state index in [9.17, 15) is 0 Å². The number of hydrogen-bond donors (Lipinski definition) is 0. The molecule has 0 aliphatic rings. The van der Waals surface area contributed by atoms with Crippen LogP contribution in [0.15, 0.2) is 217 Å². The summed E-state index contributed by atoms with van der Waals surface area (Å²) in [5, 5.41) is 5.90. The fourth-order valence-corrected chi connectivity index (χ4v) is 7.91. The number of anilines is 3. The summed E-state index contributed by atoms with van der Waals surface area (Å²) in [4.78, 5) is 2.31. The summed E-state index contributed by atoms with van der Waals surface area (Å²) in [5.41, 5.74) is 12.3. The number of fused-ring (bicyclic) bond motifs is 6. The lowest BCUT2D eigenvalue weighted by Gasteiger charge is -2.26. The van der Waals surface area contributed by atoms with Crippen molar-refractivity contribution in [1.82, 2.24) is 0 Å². The third-order valence-electron chi connectivity index (χ3n) is 10.5. The minimum atomic E-state index is 0.873. The Labute approximate surface area is 314 Å². The van der Waals surface area contributed by atoms with Crippen molar-refractivity contribution in [3.8, 4) is 44.7 Å². The van der Waals surface area contributed by atoms with Gasteiger partial charge in [-0.1, -0.05) is 158 Å². The van der Waals surface area contributed by atoms with Crippen molar-refractivity contribution < 1.29 is 4.42 Å². The van der Waals surface area contributed by atoms with E-state index in [-0.39, 0.29) is 0 Å². The lowest BCUT2D eigenvalue weighted by atomic mass is 9.92. The smallest absolute Gasteiger partial charge is 0.143 e. The topological polar surface area (TPSA) is 16.4 Å². The first-order chi connectivity index (χ1) is 26.8. The maximum Gasteiger partial charge on any atom is 0.143 e. The van der Waals surface area contributed by atoms with Crippen LogP contribution in [0, 0.1) is 0 Å². The average molecular weight is 690 g/mol. The van der Waals surface area contributed by atoms with Gasteiger partial charge in [-0.15, -0.1) is 0 Å². The van der Waals surface area contributed by atoms with Crippen molar-refractivity contribution >= 4 is 49.6 Å². The molecule has 0 radical (unpaired) electrons. The predicted molar refractivity (Wildman–Crippen MR) is 228 cm³/mol. The zero-order valence-electron chi connectivity index (χ0n) is 29.6. The van der Waals surface area contributed by atoms with Crippen LogP contribution in [0.4, 0.5) is 17.1 Å². The summed E-state index contributed by atoms with van der Waals surface area (Å²) in [5.74, 6) is 0.873. The zero-order chi connectivity index (χ0) is 35.8. The lowest BCUT2D eigenvalue weighted by Crippen LogP contribution is -2.09. The van der Waals surface area contributed by atoms with Gasteiger partial charge in [-0.05, 0) is 98.6 Å². The second-order valence-electron chi connectivity index (χ2n) is 13.7. The minimum Gasteiger partial charge on any atom is -0.455 e. The number of benzene rings is 9. The third-order valence-corrected chi connectivity index (χ3v) is 10.5. The van der Waals surface area contributed by atoms with Crippen molar-refractivity contribution in [1.29, 1.82) is 0 Å². The molecule has 254 valence electrons. The summed E-state index contributed by atoms with van der Waals surface area (Å²) in [6, 6.07) is 75.5. The van der Waals surface area contributed by atoms with Gasteiger partial charge < -0.3 is 9.32 Å². The zero-order valence-corrected chi connectivity index (χ0v) is 29.6. The quantitative estimate of drug-likeness (QED) is 0.155. The fraction of sp³-hybridized carbons (Fsp3) is 0. The van der Waals surface area contributed by atoms with Crippen molar-refractivity contribution in [3.05, 3.63) is 212 Å². The van der Waals surface area contributed by atoms with E-state index in [1.807, 2.05) is 0 Å². The first-order valence-corrected chi connectivity index (χ1v) is 18.4. The van der Waals surface area contributed by atoms with Crippen molar-refractivity contribution in [2.75, 3.05) is 4.90 Å². The van der Waals surface area contributed by atoms with E-state index in [1.165, 1.54) is 38.4 Å². The molecule has 9 aromatic carbocycles. The van der Waals surface area contributed by atoms with E-state index < -0.39 is 0 Å². The Hall–Kier alpha value is -7.16. The van der Waals surface area contributed by atoms with E-state index >= 15 is 0 Å². The Bertz CT molecular complexity index is 2890. The third kappa shape index (κ3) is 5.53. The molecule has 0 aliphatic carbocycles. The second kappa shape index (κ2) is 13.4. The van der Waals surface area contributed by atoms with Crippen LogP contribution in [0.5, 0.6) is 0 Å². The Morgan fingerprint density at radius 2 is 0.722 bits per heavy atom. The molecule has 10 rings (SSSR count). The minimum absolute atomic E-state index is 0.873. The molecule has 0 saturated heterocycles. The van der Waals surface area contributed by atoms with Crippen molar-refractivity contribution in [2.45, 2.75) is 0 Å². The second-order valence-corrected chi connectivity index (χ2v) is 13.7. The molecule has 0 atom stereocenters. The van der Waals surface area contributed by atoms with E-state index in [0.717, 1.165) is 55.9 Å². The lowest BCUT2D eigenvalue weighted by molar-refractivity contribution is 0.636. The largest absolute Gasteiger partial charge is 0.455 e. The van der Waals surface area contributed by atoms with Gasteiger partial charge in [-0.3, -0.25) is 0 Å². The van der Waals surface area contributed by atoms with E-state index in [4.69, 9.17) is 4.42 Å². The summed E-state index contributed by atoms with van der Waals surface area (Å²) >= 11 is 0. The van der Waals surface area contributed by atoms with Gasteiger partial charge in [-0.25, -0.2) is 0 Å². The van der Waals surface area contributed by atoms with Crippen molar-refractivity contribution in [3.63, 3.8) is 0 Å². The first-order valence-electron chi connectivity index (χ1n) is 18.4. The van der Waals surface area contributed by atoms with Gasteiger partial charge in [0.1, 0.15) is 11.3 Å². The number of furan rings is 1. The van der Waals surface area contributed by atoms with E-state index in [1.54, 1.807) is 0 Å². The van der Waals surface area contributed by atoms with Crippen LogP contribution in [-0.2, 0) is 0 Å². The maximum absolute atomic E-state index is 7.01. The molecule has 0 bridgehead atoms. The van der Waals surface area contributed by atoms with Crippen molar-refractivity contribution in [2.24, 2.45) is 0 Å². The van der Waals surface area contributed by atoms with Crippen LogP contribution >= 0.6 is 0 Å². The van der Waals surface area contributed by atoms with Crippen LogP contribution in [0.25, 0.3) is 77.2 Å². The monoisotopic (exact) mass is 689 g/mol. The number of rotatable bonds is 7. The molecule has 0 amide bonds. The molecular weight excluding hydrogens is 655 g/mol. The molecular formula is C52H35NO. The van der Waals surface area contributed by atoms with Crippen LogP contribution < -0.4 is 4.90 Å². The summed E-state index contributed by atoms with van der Waals surface area (Å²) in [6.45, 7) is 0. The van der Waals surface area contributed by atoms with E-state index in [2.05, 4.69) is 217 Å². The Morgan fingerprint density at radius 1 is 0.296 bits per heavy atom. The van der Waals surface area contributed by atoms with Gasteiger partial charge >= 0.3 is 0 Å². The molecule has 0 fully saturated rings. The number of hydrogen-bond acceptors (Lipinski definition) is 2. The predicted octanol–water partition coefficient (Wildman–Crippen LogP) is 14.9. The normalized spacial score (nSPS) is 11.3. The number of nitrogens with zero attached hydrogens (tertiary/aromatic N) is 1. The molecule has 0 unspecified atom stereocenters. The fourth-order valence-electron chi connectivity index (χ4n) is 7.91. The SMILES string of the molecule is c1ccc(-c2cccc(-c3ccc(N(c4ccccc4)c4ccc(-c5oc6c7ccccc7c7ccccc7c6c5-c5ccccc5)cc4)cc3)c2)cc1. The molecule has 2 heteroatoms. The van der Waals surface area contributed by atoms with Crippen LogP contribution in [0.2, 0.25) is 0 Å². The van der Waals surface area contributed by atoms with Gasteiger partial charge in [0, 0.05) is 39.0 Å². The van der Waals surface area contributed by atoms with Gasteiger partial charge in [0.05, 0.1) is 0 Å². The molecule has 2 nitrogen and oxygen atoms in total. The Morgan fingerprint density at radius 3 is 1.33 bits per heavy atom. The first kappa shape index (κ1) is 31.6. The maximum atomic E-state index is 7.01. The highest BCUT2D eigenvalue weighted by molar-refractivity contribution is 6.28. The van der Waals surface area contributed by atoms with E-state index in [0.29, 0.717) is 0 Å². The van der Waals surface area contributed by atoms with Gasteiger partial charge in [0.15, 0.2) is 0 Å². The highest BCUT2D eigenvalue weighted by Gasteiger charge is 2.23.